The van der Waals surface area contributed by atoms with E-state index >= 15 is 0 Å². The van der Waals surface area contributed by atoms with Crippen molar-refractivity contribution in [3.05, 3.63) is 108 Å². The van der Waals surface area contributed by atoms with E-state index in [1.54, 1.807) is 0 Å². The van der Waals surface area contributed by atoms with E-state index < -0.39 is 43.8 Å². The largest absolute Gasteiger partial charge is 0.481 e. The highest BCUT2D eigenvalue weighted by Gasteiger charge is 2.30. The zero-order valence-electron chi connectivity index (χ0n) is 58.8. The molecule has 17 heteroatoms. The van der Waals surface area contributed by atoms with Crippen LogP contribution in [0.4, 0.5) is 0 Å². The van der Waals surface area contributed by atoms with Gasteiger partial charge in [0.15, 0.2) is 0 Å². The molecule has 0 fully saturated rings. The number of benzene rings is 3. The number of ether oxygens (including phenoxy) is 2. The summed E-state index contributed by atoms with van der Waals surface area (Å²) in [5.41, 5.74) is 2.56. The summed E-state index contributed by atoms with van der Waals surface area (Å²) >= 11 is 0. The molecule has 0 saturated heterocycles. The molecule has 16 nitrogen and oxygen atoms in total. The number of nitrogens with one attached hydrogen (secondary N) is 3. The fraction of sp³-hybridized carbons (Fsp3) is 0.701. The van der Waals surface area contributed by atoms with Crippen LogP contribution in [-0.2, 0) is 71.4 Å². The molecule has 0 unspecified atom stereocenters. The lowest BCUT2D eigenvalue weighted by atomic mass is 10.0. The van der Waals surface area contributed by atoms with Crippen LogP contribution in [0.2, 0.25) is 0 Å². The van der Waals surface area contributed by atoms with Gasteiger partial charge in [-0.2, -0.15) is 0 Å². The van der Waals surface area contributed by atoms with Crippen molar-refractivity contribution in [1.82, 2.24) is 16.0 Å². The number of hydrogen-bond donors (Lipinski definition) is 5. The molecular weight excluding hydrogens is 1210 g/mol. The van der Waals surface area contributed by atoms with Crippen LogP contribution in [0, 0.1) is 0 Å². The monoisotopic (exact) mass is 1330 g/mol. The first-order valence-electron chi connectivity index (χ1n) is 37.0. The summed E-state index contributed by atoms with van der Waals surface area (Å²) < 4.78 is 44.3. The summed E-state index contributed by atoms with van der Waals surface area (Å²) in [6.07, 6.45) is 37.1. The molecule has 0 aliphatic heterocycles. The number of aliphatic carboxylic acids is 1. The van der Waals surface area contributed by atoms with Gasteiger partial charge in [-0.25, -0.2) is 4.57 Å². The summed E-state index contributed by atoms with van der Waals surface area (Å²) in [6.45, 7) is 8.70. The molecule has 534 valence electrons. The summed E-state index contributed by atoms with van der Waals surface area (Å²) in [4.78, 5) is 65.1. The van der Waals surface area contributed by atoms with Crippen molar-refractivity contribution in [3.63, 3.8) is 0 Å². The third-order valence-corrected chi connectivity index (χ3v) is 18.2. The first kappa shape index (κ1) is 85.1. The number of rotatable bonds is 61. The van der Waals surface area contributed by atoms with Crippen LogP contribution >= 0.6 is 7.82 Å². The number of aliphatic hydroxyl groups is 1. The Morgan fingerprint density at radius 2 is 0.830 bits per heavy atom. The van der Waals surface area contributed by atoms with Gasteiger partial charge in [0.2, 0.25) is 17.7 Å². The van der Waals surface area contributed by atoms with Crippen LogP contribution in [-0.4, -0.2) is 83.9 Å². The number of carbonyl (C=O) groups excluding carboxylic acids is 4. The second kappa shape index (κ2) is 59.3. The number of amides is 3. The van der Waals surface area contributed by atoms with Gasteiger partial charge >= 0.3 is 19.8 Å². The topological polar surface area (TPSA) is 225 Å². The number of carboxylic acids is 1. The van der Waals surface area contributed by atoms with E-state index in [2.05, 4.69) is 43.6 Å². The van der Waals surface area contributed by atoms with Gasteiger partial charge in [0.05, 0.1) is 58.0 Å². The molecule has 3 rings (SSSR count). The molecule has 0 aliphatic carbocycles. The van der Waals surface area contributed by atoms with Gasteiger partial charge in [0, 0.05) is 25.8 Å². The lowest BCUT2D eigenvalue weighted by Gasteiger charge is -2.23. The van der Waals surface area contributed by atoms with E-state index in [4.69, 9.17) is 28.2 Å². The number of phosphoric acid groups is 1. The molecule has 94 heavy (non-hydrogen) atoms. The first-order valence-corrected chi connectivity index (χ1v) is 38.4. The smallest absolute Gasteiger partial charge is 0.475 e. The van der Waals surface area contributed by atoms with Gasteiger partial charge in [-0.1, -0.05) is 298 Å². The fourth-order valence-electron chi connectivity index (χ4n) is 11.1. The Balaban J connectivity index is 0.00000309. The Kier molecular flexibility index (Phi) is 53.7. The fourth-order valence-corrected chi connectivity index (χ4v) is 12.3. The van der Waals surface area contributed by atoms with Crippen LogP contribution < -0.4 is 16.0 Å². The van der Waals surface area contributed by atoms with E-state index in [0.717, 1.165) is 107 Å². The molecule has 0 bridgehead atoms. The standard InChI is InChI=1S/C70H114N3O11P.C7H14O2/c1-4-7-10-13-16-19-22-25-37-48-64(80-57-60-41-31-28-32-42-60)54-67(75)72-63(56-74)47-40-52-71-70(78)66(51-53-81-85(79,82-58-61-43-33-29-34-44-61)83-59-62-45-35-30-36-46-62)73-68(76)55-65(49-38-26-23-20-17-14-11-8-5-2)84-69(77)50-39-27-24-21-18-15-12-9-6-3;1-2-3-4-5-6-7(8)9/h28-36,41-46,63-66,74H,4-27,37-40,47-59H2,1-3H3,(H,71,78)(H,72,75)(H,73,76);2-6H2,1H3,(H,8,9)/t63-,64-,65-,66+;/m1./s1. The molecule has 0 heterocycles. The zero-order chi connectivity index (χ0) is 68.2. The predicted molar refractivity (Wildman–Crippen MR) is 380 cm³/mol. The van der Waals surface area contributed by atoms with Gasteiger partial charge in [0.1, 0.15) is 12.1 Å². The van der Waals surface area contributed by atoms with E-state index in [1.165, 1.54) is 116 Å². The molecule has 0 saturated carbocycles. The van der Waals surface area contributed by atoms with Crippen molar-refractivity contribution in [3.8, 4) is 0 Å². The maximum Gasteiger partial charge on any atom is 0.475 e. The third kappa shape index (κ3) is 48.7. The van der Waals surface area contributed by atoms with Gasteiger partial charge in [-0.05, 0) is 61.6 Å². The van der Waals surface area contributed by atoms with Crippen molar-refractivity contribution in [2.24, 2.45) is 0 Å². The minimum absolute atomic E-state index is 0.0526. The Bertz CT molecular complexity index is 2300. The highest BCUT2D eigenvalue weighted by Crippen LogP contribution is 2.51. The van der Waals surface area contributed by atoms with Crippen molar-refractivity contribution in [2.75, 3.05) is 19.8 Å². The number of carbonyl (C=O) groups is 5. The number of phosphoric ester groups is 1. The third-order valence-electron chi connectivity index (χ3n) is 16.8. The van der Waals surface area contributed by atoms with E-state index in [-0.39, 0.29) is 76.6 Å². The molecule has 0 aliphatic rings. The molecule has 0 aromatic heterocycles. The first-order chi connectivity index (χ1) is 45.8. The molecule has 0 spiro atoms. The van der Waals surface area contributed by atoms with Crippen LogP contribution in [0.3, 0.4) is 0 Å². The Hall–Kier alpha value is -4.96. The van der Waals surface area contributed by atoms with Crippen molar-refractivity contribution >= 4 is 37.5 Å². The second-order valence-corrected chi connectivity index (χ2v) is 27.2. The number of esters is 1. The number of unbranched alkanes of at least 4 members (excludes halogenated alkanes) is 27. The number of hydrogen-bond acceptors (Lipinski definition) is 12. The molecule has 3 aromatic rings. The minimum Gasteiger partial charge on any atom is -0.481 e. The highest BCUT2D eigenvalue weighted by molar-refractivity contribution is 7.48. The quantitative estimate of drug-likeness (QED) is 0.0202. The minimum atomic E-state index is -4.22. The lowest BCUT2D eigenvalue weighted by Crippen LogP contribution is -2.48. The van der Waals surface area contributed by atoms with E-state index in [0.29, 0.717) is 32.3 Å². The van der Waals surface area contributed by atoms with Crippen molar-refractivity contribution < 1.29 is 61.8 Å². The normalized spacial score (nSPS) is 12.6. The van der Waals surface area contributed by atoms with Crippen LogP contribution in [0.1, 0.15) is 301 Å². The summed E-state index contributed by atoms with van der Waals surface area (Å²) in [5.74, 6) is -2.16. The Morgan fingerprint density at radius 1 is 0.436 bits per heavy atom. The number of carboxylic acid groups (broad SMARTS) is 1. The van der Waals surface area contributed by atoms with Gasteiger partial charge < -0.3 is 35.6 Å². The molecular formula is C77H128N3O13P. The highest BCUT2D eigenvalue weighted by atomic mass is 31.2. The average molecular weight is 1330 g/mol. The maximum atomic E-state index is 14.3. The predicted octanol–water partition coefficient (Wildman–Crippen LogP) is 18.9. The summed E-state index contributed by atoms with van der Waals surface area (Å²) in [5, 5.41) is 27.5. The number of aliphatic hydroxyl groups excluding tert-OH is 1. The molecule has 3 aromatic carbocycles. The van der Waals surface area contributed by atoms with Crippen LogP contribution in [0.15, 0.2) is 91.0 Å². The van der Waals surface area contributed by atoms with Gasteiger partial charge in [-0.3, -0.25) is 37.5 Å². The van der Waals surface area contributed by atoms with Gasteiger partial charge in [-0.15, -0.1) is 0 Å². The van der Waals surface area contributed by atoms with Crippen molar-refractivity contribution in [1.29, 1.82) is 0 Å². The van der Waals surface area contributed by atoms with Crippen LogP contribution in [0.25, 0.3) is 0 Å². The zero-order valence-corrected chi connectivity index (χ0v) is 59.7. The molecule has 0 radical (unpaired) electrons. The van der Waals surface area contributed by atoms with Gasteiger partial charge in [0.25, 0.3) is 0 Å². The lowest BCUT2D eigenvalue weighted by molar-refractivity contribution is -0.151. The van der Waals surface area contributed by atoms with E-state index in [1.807, 2.05) is 91.0 Å². The maximum absolute atomic E-state index is 14.3. The SMILES string of the molecule is CCCCCCC(=O)O.CCCCCCCCCCCC(=O)O[C@H](CCCCCCCCCCC)CC(=O)N[C@@H](CCOP(=O)(OCc1ccccc1)OCc1ccccc1)C(=O)NCCC[C@H](CO)NC(=O)C[C@@H](CCCCCCCCCCC)OCc1ccccc1. The molecule has 5 N–H and O–H groups in total. The molecule has 4 atom stereocenters. The Morgan fingerprint density at radius 3 is 1.29 bits per heavy atom. The van der Waals surface area contributed by atoms with Crippen LogP contribution in [0.5, 0.6) is 0 Å². The summed E-state index contributed by atoms with van der Waals surface area (Å²) in [7, 11) is -4.22. The van der Waals surface area contributed by atoms with E-state index in [9.17, 15) is 33.6 Å². The second-order valence-electron chi connectivity index (χ2n) is 25.5. The van der Waals surface area contributed by atoms with Crippen molar-refractivity contribution in [2.45, 2.75) is 329 Å². The Labute approximate surface area is 568 Å². The molecule has 3 amide bonds. The summed E-state index contributed by atoms with van der Waals surface area (Å²) in [6, 6.07) is 26.7. The average Bonchev–Trinajstić information content (AvgIpc) is 1.19.